The molecule has 1 aliphatic heterocycles. The maximum Gasteiger partial charge on any atom is 0.303 e. The molecule has 178 valence electrons. The summed E-state index contributed by atoms with van der Waals surface area (Å²) in [7, 11) is 4.12. The van der Waals surface area contributed by atoms with Crippen LogP contribution in [0.1, 0.15) is 77.0 Å². The summed E-state index contributed by atoms with van der Waals surface area (Å²) in [6, 6.07) is 0. The number of carboxylic acid groups (broad SMARTS) is 1. The van der Waals surface area contributed by atoms with Gasteiger partial charge in [-0.25, -0.2) is 0 Å². The van der Waals surface area contributed by atoms with Crippen LogP contribution >= 0.6 is 0 Å². The minimum atomic E-state index is -0.686. The topological polar surface area (TPSA) is 85.8 Å². The molecule has 0 aromatic carbocycles. The first kappa shape index (κ1) is 27.3. The van der Waals surface area contributed by atoms with Crippen LogP contribution in [0.15, 0.2) is 0 Å². The smallest absolute Gasteiger partial charge is 0.303 e. The Morgan fingerprint density at radius 2 is 1.37 bits per heavy atom. The van der Waals surface area contributed by atoms with Gasteiger partial charge in [-0.1, -0.05) is 44.9 Å². The fourth-order valence-corrected chi connectivity index (χ4v) is 3.58. The van der Waals surface area contributed by atoms with E-state index in [1.807, 2.05) is 0 Å². The number of aliphatic carboxylic acids is 1. The van der Waals surface area contributed by atoms with E-state index >= 15 is 0 Å². The van der Waals surface area contributed by atoms with Crippen LogP contribution in [-0.4, -0.2) is 91.9 Å². The number of likely N-dealkylation sites (N-methyl/N-ethyl adjacent to an activating group) is 1. The maximum absolute atomic E-state index is 10.6. The molecule has 2 unspecified atom stereocenters. The number of hydrogen-bond acceptors (Lipinski definition) is 6. The molecule has 0 radical (unpaired) electrons. The van der Waals surface area contributed by atoms with Crippen LogP contribution in [0.3, 0.4) is 0 Å². The van der Waals surface area contributed by atoms with Gasteiger partial charge in [0.2, 0.25) is 0 Å². The van der Waals surface area contributed by atoms with E-state index in [1.165, 1.54) is 38.5 Å². The molecule has 0 aromatic heterocycles. The highest BCUT2D eigenvalue weighted by atomic mass is 16.7. The summed E-state index contributed by atoms with van der Waals surface area (Å²) in [5.41, 5.74) is 0. The van der Waals surface area contributed by atoms with Gasteiger partial charge in [-0.05, 0) is 52.9 Å². The van der Waals surface area contributed by atoms with E-state index in [2.05, 4.69) is 23.9 Å². The fraction of sp³-hybridized carbons (Fsp3) is 0.957. The third kappa shape index (κ3) is 17.0. The lowest BCUT2D eigenvalue weighted by Crippen LogP contribution is -2.30. The Kier molecular flexibility index (Phi) is 16.3. The molecule has 7 heteroatoms. The zero-order valence-electron chi connectivity index (χ0n) is 19.4. The zero-order valence-corrected chi connectivity index (χ0v) is 19.4. The molecular weight excluding hydrogens is 384 g/mol. The number of unbranched alkanes of at least 4 members (excludes halogenated alkanes) is 8. The Balaban J connectivity index is 2.07. The van der Waals surface area contributed by atoms with Crippen LogP contribution in [0.5, 0.6) is 0 Å². The predicted octanol–water partition coefficient (Wildman–Crippen LogP) is 3.35. The first-order chi connectivity index (χ1) is 14.5. The maximum atomic E-state index is 10.6. The molecule has 30 heavy (non-hydrogen) atoms. The quantitative estimate of drug-likeness (QED) is 0.201. The van der Waals surface area contributed by atoms with Gasteiger partial charge in [-0.15, -0.1) is 0 Å². The second-order valence-electron chi connectivity index (χ2n) is 8.79. The fourth-order valence-electron chi connectivity index (χ4n) is 3.58. The van der Waals surface area contributed by atoms with E-state index in [9.17, 15) is 4.79 Å². The van der Waals surface area contributed by atoms with Gasteiger partial charge in [-0.3, -0.25) is 4.79 Å². The van der Waals surface area contributed by atoms with Crippen LogP contribution in [0.25, 0.3) is 0 Å². The van der Waals surface area contributed by atoms with Crippen molar-refractivity contribution >= 4 is 5.97 Å². The molecule has 1 heterocycles. The van der Waals surface area contributed by atoms with Crippen molar-refractivity contribution in [3.8, 4) is 0 Å². The van der Waals surface area contributed by atoms with E-state index in [0.29, 0.717) is 6.42 Å². The van der Waals surface area contributed by atoms with Gasteiger partial charge in [0.1, 0.15) is 6.10 Å². The van der Waals surface area contributed by atoms with Crippen LogP contribution in [0, 0.1) is 0 Å². The minimum absolute atomic E-state index is 0.108. The second-order valence-corrected chi connectivity index (χ2v) is 8.79. The summed E-state index contributed by atoms with van der Waals surface area (Å²) in [6.45, 7) is 5.75. The predicted molar refractivity (Wildman–Crippen MR) is 120 cm³/mol. The van der Waals surface area contributed by atoms with Gasteiger partial charge >= 0.3 is 5.97 Å². The molecule has 0 amide bonds. The van der Waals surface area contributed by atoms with E-state index < -0.39 is 12.3 Å². The molecular formula is C23H46N2O5. The van der Waals surface area contributed by atoms with Gasteiger partial charge in [-0.2, -0.15) is 0 Å². The minimum Gasteiger partial charge on any atom is -0.481 e. The van der Waals surface area contributed by atoms with E-state index in [-0.39, 0.29) is 6.10 Å². The van der Waals surface area contributed by atoms with Gasteiger partial charge in [0.05, 0.1) is 13.2 Å². The Morgan fingerprint density at radius 1 is 0.833 bits per heavy atom. The van der Waals surface area contributed by atoms with Crippen LogP contribution in [0.2, 0.25) is 0 Å². The third-order valence-corrected chi connectivity index (χ3v) is 5.62. The van der Waals surface area contributed by atoms with Crippen molar-refractivity contribution < 1.29 is 24.5 Å². The largest absolute Gasteiger partial charge is 0.481 e. The van der Waals surface area contributed by atoms with Crippen molar-refractivity contribution in [2.45, 2.75) is 89.4 Å². The molecule has 0 bridgehead atoms. The van der Waals surface area contributed by atoms with Crippen molar-refractivity contribution in [1.29, 1.82) is 0 Å². The zero-order chi connectivity index (χ0) is 22.0. The average molecular weight is 431 g/mol. The molecule has 0 aromatic rings. The van der Waals surface area contributed by atoms with Crippen molar-refractivity contribution in [1.82, 2.24) is 9.80 Å². The molecule has 1 rings (SSSR count). The van der Waals surface area contributed by atoms with E-state index in [4.69, 9.17) is 19.7 Å². The summed E-state index contributed by atoms with van der Waals surface area (Å²) in [4.78, 5) is 15.2. The second kappa shape index (κ2) is 17.9. The summed E-state index contributed by atoms with van der Waals surface area (Å²) in [6.07, 6.45) is 12.3. The van der Waals surface area contributed by atoms with Crippen LogP contribution in [-0.2, 0) is 14.3 Å². The van der Waals surface area contributed by atoms with Crippen molar-refractivity contribution in [2.24, 2.45) is 0 Å². The lowest BCUT2D eigenvalue weighted by Gasteiger charge is -2.22. The standard InChI is InChI=1S/C23H46N2O5/c1-24(2)17-19-29-20-18-25(16-12-8-4-6-10-14-22(26)27)15-11-7-3-5-9-13-21-23(28)30-21/h21,23,28H,3-20H2,1-2H3,(H,26,27). The number of carboxylic acids is 1. The molecule has 2 atom stereocenters. The molecule has 7 nitrogen and oxygen atoms in total. The number of aliphatic hydroxyl groups is 1. The lowest BCUT2D eigenvalue weighted by atomic mass is 10.1. The molecule has 1 saturated heterocycles. The van der Waals surface area contributed by atoms with Crippen molar-refractivity contribution in [3.63, 3.8) is 0 Å². The Hall–Kier alpha value is -0.730. The first-order valence-electron chi connectivity index (χ1n) is 12.0. The number of rotatable bonds is 22. The summed E-state index contributed by atoms with van der Waals surface area (Å²) in [5, 5.41) is 17.8. The number of ether oxygens (including phenoxy) is 2. The molecule has 2 N–H and O–H groups in total. The number of nitrogens with zero attached hydrogens (tertiary/aromatic N) is 2. The highest BCUT2D eigenvalue weighted by Crippen LogP contribution is 2.24. The first-order valence-corrected chi connectivity index (χ1v) is 12.0. The van der Waals surface area contributed by atoms with Crippen LogP contribution in [0.4, 0.5) is 0 Å². The van der Waals surface area contributed by atoms with E-state index in [1.54, 1.807) is 0 Å². The average Bonchev–Trinajstić information content (AvgIpc) is 3.39. The number of carbonyl (C=O) groups is 1. The number of hydrogen-bond donors (Lipinski definition) is 2. The van der Waals surface area contributed by atoms with Gasteiger partial charge in [0.15, 0.2) is 6.29 Å². The Bertz CT molecular complexity index is 422. The Labute approximate surface area is 183 Å². The summed E-state index contributed by atoms with van der Waals surface area (Å²) < 4.78 is 10.8. The lowest BCUT2D eigenvalue weighted by molar-refractivity contribution is -0.137. The van der Waals surface area contributed by atoms with Gasteiger partial charge in [0, 0.05) is 19.5 Å². The molecule has 0 aliphatic carbocycles. The normalized spacial score (nSPS) is 18.4. The van der Waals surface area contributed by atoms with Crippen molar-refractivity contribution in [3.05, 3.63) is 0 Å². The molecule has 1 aliphatic rings. The third-order valence-electron chi connectivity index (χ3n) is 5.62. The summed E-state index contributed by atoms with van der Waals surface area (Å²) in [5.74, 6) is -0.686. The van der Waals surface area contributed by atoms with Crippen LogP contribution < -0.4 is 0 Å². The SMILES string of the molecule is CN(C)CCOCCN(CCCCCCCC(=O)O)CCCCCCCC1OC1O. The van der Waals surface area contributed by atoms with Gasteiger partial charge in [0.25, 0.3) is 0 Å². The molecule has 0 spiro atoms. The van der Waals surface area contributed by atoms with E-state index in [0.717, 1.165) is 71.5 Å². The summed E-state index contributed by atoms with van der Waals surface area (Å²) >= 11 is 0. The molecule has 0 saturated carbocycles. The highest BCUT2D eigenvalue weighted by molar-refractivity contribution is 5.66. The number of epoxide rings is 1. The van der Waals surface area contributed by atoms with Crippen molar-refractivity contribution in [2.75, 3.05) is 53.5 Å². The highest BCUT2D eigenvalue weighted by Gasteiger charge is 2.35. The number of aliphatic hydroxyl groups excluding tert-OH is 1. The van der Waals surface area contributed by atoms with Gasteiger partial charge < -0.3 is 29.5 Å². The monoisotopic (exact) mass is 430 g/mol. The Morgan fingerprint density at radius 3 is 1.93 bits per heavy atom. The molecule has 1 fully saturated rings.